The van der Waals surface area contributed by atoms with Crippen LogP contribution in [0.2, 0.25) is 0 Å². The predicted octanol–water partition coefficient (Wildman–Crippen LogP) is 8.43. The number of carbonyl (C=O) groups is 1. The predicted molar refractivity (Wildman–Crippen MR) is 124 cm³/mol. The van der Waals surface area contributed by atoms with Crippen LogP contribution >= 0.6 is 0 Å². The number of rotatable bonds is 15. The second kappa shape index (κ2) is 14.5. The number of esters is 1. The number of carbonyl (C=O) groups excluding carboxylic acids is 1. The smallest absolute Gasteiger partial charge is 0.309 e. The van der Waals surface area contributed by atoms with Crippen LogP contribution in [-0.4, -0.2) is 12.1 Å². The highest BCUT2D eigenvalue weighted by Gasteiger charge is 2.40. The molecule has 3 atom stereocenters. The lowest BCUT2D eigenvalue weighted by Gasteiger charge is -2.41. The Labute approximate surface area is 177 Å². The fourth-order valence-corrected chi connectivity index (χ4v) is 5.04. The molecule has 168 valence electrons. The summed E-state index contributed by atoms with van der Waals surface area (Å²) < 4.78 is 6.22. The Kier molecular flexibility index (Phi) is 14.2. The maximum absolute atomic E-state index is 13.4. The molecule has 0 aromatic heterocycles. The van der Waals surface area contributed by atoms with Crippen LogP contribution in [-0.2, 0) is 9.53 Å². The number of hydrogen-bond acceptors (Lipinski definition) is 2. The van der Waals surface area contributed by atoms with Gasteiger partial charge in [0.1, 0.15) is 6.10 Å². The molecule has 0 fully saturated rings. The molecule has 0 heterocycles. The summed E-state index contributed by atoms with van der Waals surface area (Å²) in [6, 6.07) is 0. The normalized spacial score (nSPS) is 15.7. The van der Waals surface area contributed by atoms with E-state index in [2.05, 4.69) is 62.3 Å². The van der Waals surface area contributed by atoms with E-state index in [4.69, 9.17) is 4.74 Å². The van der Waals surface area contributed by atoms with Crippen LogP contribution in [0.4, 0.5) is 0 Å². The zero-order valence-electron chi connectivity index (χ0n) is 20.8. The largest absolute Gasteiger partial charge is 0.462 e. The molecule has 2 heteroatoms. The number of ether oxygens (including phenoxy) is 1. The van der Waals surface area contributed by atoms with E-state index in [0.29, 0.717) is 17.8 Å². The van der Waals surface area contributed by atoms with Crippen molar-refractivity contribution >= 4 is 5.97 Å². The van der Waals surface area contributed by atoms with Crippen molar-refractivity contribution in [3.63, 3.8) is 0 Å². The lowest BCUT2D eigenvalue weighted by Crippen LogP contribution is -2.40. The van der Waals surface area contributed by atoms with Gasteiger partial charge in [0, 0.05) is 0 Å². The highest BCUT2D eigenvalue weighted by molar-refractivity contribution is 5.73. The van der Waals surface area contributed by atoms with Crippen molar-refractivity contribution in [3.05, 3.63) is 0 Å². The van der Waals surface area contributed by atoms with Crippen LogP contribution in [0.15, 0.2) is 0 Å². The molecule has 0 spiro atoms. The SMILES string of the molecule is CCCCCC(CCCCC)OC(=O)C(C(C)C)C(CC)C(CC)C(C)(C)C. The monoisotopic (exact) mass is 396 g/mol. The van der Waals surface area contributed by atoms with Gasteiger partial charge in [-0.3, -0.25) is 4.79 Å². The molecule has 0 amide bonds. The molecule has 0 saturated carbocycles. The summed E-state index contributed by atoms with van der Waals surface area (Å²) in [7, 11) is 0. The second-order valence-corrected chi connectivity index (χ2v) is 10.3. The summed E-state index contributed by atoms with van der Waals surface area (Å²) in [5, 5.41) is 0. The first-order valence-corrected chi connectivity index (χ1v) is 12.3. The van der Waals surface area contributed by atoms with Crippen LogP contribution in [0.25, 0.3) is 0 Å². The van der Waals surface area contributed by atoms with Gasteiger partial charge in [-0.15, -0.1) is 0 Å². The van der Waals surface area contributed by atoms with E-state index in [0.717, 1.165) is 25.7 Å². The van der Waals surface area contributed by atoms with Gasteiger partial charge < -0.3 is 4.74 Å². The van der Waals surface area contributed by atoms with Gasteiger partial charge in [-0.1, -0.05) is 101 Å². The number of hydrogen-bond donors (Lipinski definition) is 0. The molecule has 2 nitrogen and oxygen atoms in total. The average molecular weight is 397 g/mol. The molecule has 0 aliphatic carbocycles. The standard InChI is InChI=1S/C26H52O2/c1-10-14-16-18-21(19-17-15-11-2)28-25(27)24(20(5)6)22(12-3)23(13-4)26(7,8)9/h20-24H,10-19H2,1-9H3. The summed E-state index contributed by atoms with van der Waals surface area (Å²) in [4.78, 5) is 13.4. The highest BCUT2D eigenvalue weighted by Crippen LogP contribution is 2.42. The van der Waals surface area contributed by atoms with E-state index in [9.17, 15) is 4.79 Å². The molecule has 0 saturated heterocycles. The Morgan fingerprint density at radius 1 is 0.821 bits per heavy atom. The van der Waals surface area contributed by atoms with E-state index in [-0.39, 0.29) is 23.4 Å². The molecule has 28 heavy (non-hydrogen) atoms. The van der Waals surface area contributed by atoms with Gasteiger partial charge in [-0.25, -0.2) is 0 Å². The minimum Gasteiger partial charge on any atom is -0.462 e. The fraction of sp³-hybridized carbons (Fsp3) is 0.962. The molecule has 3 unspecified atom stereocenters. The van der Waals surface area contributed by atoms with Gasteiger partial charge in [-0.2, -0.15) is 0 Å². The fourth-order valence-electron chi connectivity index (χ4n) is 5.04. The van der Waals surface area contributed by atoms with Gasteiger partial charge in [0.25, 0.3) is 0 Å². The quantitative estimate of drug-likeness (QED) is 0.205. The first-order valence-electron chi connectivity index (χ1n) is 12.3. The Bertz CT molecular complexity index is 384. The lowest BCUT2D eigenvalue weighted by molar-refractivity contribution is -0.161. The van der Waals surface area contributed by atoms with Crippen molar-refractivity contribution in [1.29, 1.82) is 0 Å². The first-order chi connectivity index (χ1) is 13.1. The zero-order valence-corrected chi connectivity index (χ0v) is 20.8. The number of unbranched alkanes of at least 4 members (excludes halogenated alkanes) is 4. The van der Waals surface area contributed by atoms with E-state index >= 15 is 0 Å². The third-order valence-corrected chi connectivity index (χ3v) is 6.53. The Hall–Kier alpha value is -0.530. The molecule has 0 N–H and O–H groups in total. The third kappa shape index (κ3) is 9.79. The molecule has 0 aromatic rings. The summed E-state index contributed by atoms with van der Waals surface area (Å²) >= 11 is 0. The molecule has 0 aliphatic heterocycles. The molecule has 0 rings (SSSR count). The van der Waals surface area contributed by atoms with Crippen molar-refractivity contribution in [2.45, 2.75) is 133 Å². The molecular formula is C26H52O2. The van der Waals surface area contributed by atoms with Gasteiger partial charge in [0.05, 0.1) is 5.92 Å². The Morgan fingerprint density at radius 2 is 1.32 bits per heavy atom. The van der Waals surface area contributed by atoms with Crippen molar-refractivity contribution in [1.82, 2.24) is 0 Å². The van der Waals surface area contributed by atoms with E-state index in [1.807, 2.05) is 0 Å². The van der Waals surface area contributed by atoms with Crippen LogP contribution < -0.4 is 0 Å². The van der Waals surface area contributed by atoms with E-state index in [1.165, 1.54) is 38.5 Å². The van der Waals surface area contributed by atoms with Gasteiger partial charge in [0.15, 0.2) is 0 Å². The van der Waals surface area contributed by atoms with Crippen LogP contribution in [0.3, 0.4) is 0 Å². The summed E-state index contributed by atoms with van der Waals surface area (Å²) in [5.41, 5.74) is 0.213. The Balaban J connectivity index is 5.34. The van der Waals surface area contributed by atoms with Crippen LogP contribution in [0.5, 0.6) is 0 Å². The summed E-state index contributed by atoms with van der Waals surface area (Å²) in [6.45, 7) is 20.4. The average Bonchev–Trinajstić information content (AvgIpc) is 2.60. The van der Waals surface area contributed by atoms with E-state index in [1.54, 1.807) is 0 Å². The van der Waals surface area contributed by atoms with Crippen molar-refractivity contribution < 1.29 is 9.53 Å². The van der Waals surface area contributed by atoms with Crippen molar-refractivity contribution in [3.8, 4) is 0 Å². The van der Waals surface area contributed by atoms with Gasteiger partial charge in [-0.05, 0) is 48.9 Å². The third-order valence-electron chi connectivity index (χ3n) is 6.53. The van der Waals surface area contributed by atoms with Crippen LogP contribution in [0, 0.1) is 29.1 Å². The minimum absolute atomic E-state index is 0.00836. The zero-order chi connectivity index (χ0) is 21.7. The van der Waals surface area contributed by atoms with Gasteiger partial charge >= 0.3 is 5.97 Å². The highest BCUT2D eigenvalue weighted by atomic mass is 16.5. The van der Waals surface area contributed by atoms with Crippen LogP contribution in [0.1, 0.15) is 127 Å². The Morgan fingerprint density at radius 3 is 1.64 bits per heavy atom. The molecule has 0 radical (unpaired) electrons. The first kappa shape index (κ1) is 27.5. The summed E-state index contributed by atoms with van der Waals surface area (Å²) in [5.74, 6) is 1.33. The van der Waals surface area contributed by atoms with Crippen molar-refractivity contribution in [2.75, 3.05) is 0 Å². The topological polar surface area (TPSA) is 26.3 Å². The molecular weight excluding hydrogens is 344 g/mol. The lowest BCUT2D eigenvalue weighted by atomic mass is 9.64. The maximum atomic E-state index is 13.4. The molecule has 0 aliphatic rings. The summed E-state index contributed by atoms with van der Waals surface area (Å²) in [6.07, 6.45) is 11.6. The van der Waals surface area contributed by atoms with E-state index < -0.39 is 0 Å². The van der Waals surface area contributed by atoms with Crippen molar-refractivity contribution in [2.24, 2.45) is 29.1 Å². The second-order valence-electron chi connectivity index (χ2n) is 10.3. The molecule has 0 bridgehead atoms. The molecule has 0 aromatic carbocycles. The minimum atomic E-state index is 0.00836. The van der Waals surface area contributed by atoms with Gasteiger partial charge in [0.2, 0.25) is 0 Å². The maximum Gasteiger partial charge on any atom is 0.309 e.